The molecule has 4 amide bonds. The second-order valence-electron chi connectivity index (χ2n) is 3.80. The van der Waals surface area contributed by atoms with Crippen molar-refractivity contribution in [2.75, 3.05) is 6.54 Å². The number of carboxylic acids is 1. The highest BCUT2D eigenvalue weighted by atomic mass is 16.4. The van der Waals surface area contributed by atoms with Gasteiger partial charge in [-0.2, -0.15) is 0 Å². The molecule has 0 aromatic rings. The second-order valence-corrected chi connectivity index (χ2v) is 3.80. The molecule has 0 aromatic heterocycles. The largest absolute Gasteiger partial charge is 0.480 e. The van der Waals surface area contributed by atoms with Crippen molar-refractivity contribution >= 4 is 23.8 Å². The van der Waals surface area contributed by atoms with Crippen LogP contribution < -0.4 is 21.7 Å². The van der Waals surface area contributed by atoms with Gasteiger partial charge in [-0.1, -0.05) is 0 Å². The van der Waals surface area contributed by atoms with Gasteiger partial charge in [0.2, 0.25) is 11.8 Å². The van der Waals surface area contributed by atoms with Crippen LogP contribution in [-0.2, 0) is 14.4 Å². The van der Waals surface area contributed by atoms with Gasteiger partial charge in [0.1, 0.15) is 12.1 Å². The number of primary amides is 1. The average Bonchev–Trinajstić information content (AvgIpc) is 2.27. The van der Waals surface area contributed by atoms with Gasteiger partial charge in [0, 0.05) is 6.54 Å². The van der Waals surface area contributed by atoms with Crippen molar-refractivity contribution in [2.24, 2.45) is 5.73 Å². The van der Waals surface area contributed by atoms with Crippen molar-refractivity contribution < 1.29 is 24.3 Å². The van der Waals surface area contributed by atoms with E-state index < -0.39 is 42.3 Å². The van der Waals surface area contributed by atoms with Crippen LogP contribution in [0.3, 0.4) is 0 Å². The Labute approximate surface area is 109 Å². The molecule has 0 rings (SSSR count). The molecular weight excluding hydrogens is 256 g/mol. The number of carbonyl (C=O) groups excluding carboxylic acids is 3. The third-order valence-corrected chi connectivity index (χ3v) is 2.10. The molecule has 0 saturated carbocycles. The van der Waals surface area contributed by atoms with Crippen LogP contribution in [0.25, 0.3) is 0 Å². The summed E-state index contributed by atoms with van der Waals surface area (Å²) in [6, 6.07) is -3.13. The molecule has 0 aliphatic rings. The van der Waals surface area contributed by atoms with E-state index in [0.29, 0.717) is 6.54 Å². The normalized spacial score (nSPS) is 12.9. The van der Waals surface area contributed by atoms with Crippen LogP contribution in [0.1, 0.15) is 20.3 Å². The van der Waals surface area contributed by atoms with Gasteiger partial charge in [-0.25, -0.2) is 9.59 Å². The van der Waals surface area contributed by atoms with Gasteiger partial charge in [0.05, 0.1) is 6.42 Å². The summed E-state index contributed by atoms with van der Waals surface area (Å²) in [7, 11) is 0. The van der Waals surface area contributed by atoms with E-state index >= 15 is 0 Å². The van der Waals surface area contributed by atoms with Gasteiger partial charge in [-0.3, -0.25) is 9.59 Å². The fourth-order valence-electron chi connectivity index (χ4n) is 1.19. The maximum absolute atomic E-state index is 11.4. The number of carbonyl (C=O) groups is 4. The van der Waals surface area contributed by atoms with Gasteiger partial charge < -0.3 is 26.8 Å². The topological polar surface area (TPSA) is 151 Å². The summed E-state index contributed by atoms with van der Waals surface area (Å²) in [6.45, 7) is 3.57. The second kappa shape index (κ2) is 7.90. The van der Waals surface area contributed by atoms with E-state index in [9.17, 15) is 19.2 Å². The Morgan fingerprint density at radius 2 is 1.79 bits per heavy atom. The molecule has 9 heteroatoms. The maximum atomic E-state index is 11.4. The molecular formula is C10H18N4O5. The van der Waals surface area contributed by atoms with Crippen LogP contribution in [0.15, 0.2) is 0 Å². The Hall–Kier alpha value is -2.32. The first-order valence-corrected chi connectivity index (χ1v) is 5.63. The molecule has 0 radical (unpaired) electrons. The highest BCUT2D eigenvalue weighted by Gasteiger charge is 2.23. The molecule has 2 unspecified atom stereocenters. The van der Waals surface area contributed by atoms with Crippen LogP contribution in [0.5, 0.6) is 0 Å². The van der Waals surface area contributed by atoms with Crippen molar-refractivity contribution in [1.82, 2.24) is 16.0 Å². The van der Waals surface area contributed by atoms with Crippen molar-refractivity contribution in [3.63, 3.8) is 0 Å². The summed E-state index contributed by atoms with van der Waals surface area (Å²) >= 11 is 0. The lowest BCUT2D eigenvalue weighted by Crippen LogP contribution is -2.53. The van der Waals surface area contributed by atoms with Crippen LogP contribution in [-0.4, -0.2) is 47.5 Å². The maximum Gasteiger partial charge on any atom is 0.326 e. The molecule has 19 heavy (non-hydrogen) atoms. The number of hydrogen-bond donors (Lipinski definition) is 5. The van der Waals surface area contributed by atoms with Gasteiger partial charge in [-0.15, -0.1) is 0 Å². The third kappa shape index (κ3) is 6.86. The number of amides is 4. The predicted octanol–water partition coefficient (Wildman–Crippen LogP) is -1.86. The number of hydrogen-bond acceptors (Lipinski definition) is 4. The first-order chi connectivity index (χ1) is 8.77. The molecule has 9 nitrogen and oxygen atoms in total. The minimum absolute atomic E-state index is 0.403. The molecule has 0 fully saturated rings. The zero-order chi connectivity index (χ0) is 15.0. The Bertz CT molecular complexity index is 371. The first-order valence-electron chi connectivity index (χ1n) is 5.63. The van der Waals surface area contributed by atoms with Crippen LogP contribution in [0, 0.1) is 0 Å². The number of rotatable bonds is 7. The van der Waals surface area contributed by atoms with E-state index in [-0.39, 0.29) is 0 Å². The van der Waals surface area contributed by atoms with Crippen molar-refractivity contribution in [1.29, 1.82) is 0 Å². The lowest BCUT2D eigenvalue weighted by molar-refractivity contribution is -0.140. The summed E-state index contributed by atoms with van der Waals surface area (Å²) in [6.07, 6.45) is -0.529. The lowest BCUT2D eigenvalue weighted by atomic mass is 10.2. The molecule has 0 aliphatic heterocycles. The summed E-state index contributed by atoms with van der Waals surface area (Å²) in [4.78, 5) is 44.2. The van der Waals surface area contributed by atoms with E-state index in [1.807, 2.05) is 5.32 Å². The quantitative estimate of drug-likeness (QED) is 0.369. The van der Waals surface area contributed by atoms with E-state index in [4.69, 9.17) is 10.8 Å². The summed E-state index contributed by atoms with van der Waals surface area (Å²) < 4.78 is 0. The molecule has 0 aromatic carbocycles. The van der Waals surface area contributed by atoms with Crippen LogP contribution >= 0.6 is 0 Å². The Morgan fingerprint density at radius 1 is 1.21 bits per heavy atom. The highest BCUT2D eigenvalue weighted by molar-refractivity contribution is 5.90. The van der Waals surface area contributed by atoms with Crippen LogP contribution in [0.4, 0.5) is 4.79 Å². The number of urea groups is 1. The summed E-state index contributed by atoms with van der Waals surface area (Å²) in [5, 5.41) is 15.5. The van der Waals surface area contributed by atoms with E-state index in [1.54, 1.807) is 6.92 Å². The van der Waals surface area contributed by atoms with Gasteiger partial charge in [-0.05, 0) is 13.8 Å². The SMILES string of the molecule is CCNC(=O)C(C)NC(=O)NC(CC(N)=O)C(=O)O. The number of carboxylic acid groups (broad SMARTS) is 1. The van der Waals surface area contributed by atoms with Crippen molar-refractivity contribution in [3.05, 3.63) is 0 Å². The molecule has 0 saturated heterocycles. The van der Waals surface area contributed by atoms with Crippen LogP contribution in [0.2, 0.25) is 0 Å². The fourth-order valence-corrected chi connectivity index (χ4v) is 1.19. The first kappa shape index (κ1) is 16.7. The standard InChI is InChI=1S/C10H18N4O5/c1-3-12-8(16)5(2)13-10(19)14-6(9(17)18)4-7(11)15/h5-6H,3-4H2,1-2H3,(H2,11,15)(H,12,16)(H,17,18)(H2,13,14,19). The average molecular weight is 274 g/mol. The van der Waals surface area contributed by atoms with Gasteiger partial charge in [0.15, 0.2) is 0 Å². The smallest absolute Gasteiger partial charge is 0.326 e. The van der Waals surface area contributed by atoms with Gasteiger partial charge in [0.25, 0.3) is 0 Å². The fraction of sp³-hybridized carbons (Fsp3) is 0.600. The van der Waals surface area contributed by atoms with E-state index in [1.165, 1.54) is 6.92 Å². The third-order valence-electron chi connectivity index (χ3n) is 2.10. The monoisotopic (exact) mass is 274 g/mol. The Morgan fingerprint density at radius 3 is 2.21 bits per heavy atom. The van der Waals surface area contributed by atoms with E-state index in [2.05, 4.69) is 10.6 Å². The zero-order valence-electron chi connectivity index (χ0n) is 10.7. The molecule has 0 spiro atoms. The highest BCUT2D eigenvalue weighted by Crippen LogP contribution is 1.92. The number of aliphatic carboxylic acids is 1. The van der Waals surface area contributed by atoms with Crippen molar-refractivity contribution in [2.45, 2.75) is 32.4 Å². The minimum atomic E-state index is -1.43. The summed E-state index contributed by atoms with van der Waals surface area (Å²) in [5.74, 6) is -2.65. The molecule has 0 bridgehead atoms. The number of nitrogens with one attached hydrogen (secondary N) is 3. The minimum Gasteiger partial charge on any atom is -0.480 e. The molecule has 6 N–H and O–H groups in total. The molecule has 2 atom stereocenters. The number of nitrogens with two attached hydrogens (primary N) is 1. The molecule has 108 valence electrons. The number of likely N-dealkylation sites (N-methyl/N-ethyl adjacent to an activating group) is 1. The Balaban J connectivity index is 4.37. The molecule has 0 heterocycles. The lowest BCUT2D eigenvalue weighted by Gasteiger charge is -2.17. The summed E-state index contributed by atoms with van der Waals surface area (Å²) in [5.41, 5.74) is 4.86. The van der Waals surface area contributed by atoms with Crippen molar-refractivity contribution in [3.8, 4) is 0 Å². The Kier molecular flexibility index (Phi) is 6.94. The van der Waals surface area contributed by atoms with Gasteiger partial charge >= 0.3 is 12.0 Å². The predicted molar refractivity (Wildman–Crippen MR) is 65.0 cm³/mol. The zero-order valence-corrected chi connectivity index (χ0v) is 10.7. The molecule has 0 aliphatic carbocycles. The van der Waals surface area contributed by atoms with E-state index in [0.717, 1.165) is 0 Å².